The Morgan fingerprint density at radius 3 is 1.24 bits per heavy atom. The molecule has 1 aliphatic heterocycles. The van der Waals surface area contributed by atoms with Crippen LogP contribution in [0.5, 0.6) is 0 Å². The van der Waals surface area contributed by atoms with Crippen molar-refractivity contribution < 1.29 is 23.8 Å². The Balaban J connectivity index is 2.58. The van der Waals surface area contributed by atoms with Crippen LogP contribution in [0.2, 0.25) is 0 Å². The first kappa shape index (κ1) is 21.8. The van der Waals surface area contributed by atoms with Crippen molar-refractivity contribution in [1.82, 2.24) is 9.80 Å². The molecule has 1 heterocycles. The van der Waals surface area contributed by atoms with Crippen LogP contribution in [-0.2, 0) is 23.8 Å². The minimum atomic E-state index is -0.565. The number of hydrogen-bond donors (Lipinski definition) is 2. The Kier molecular flexibility index (Phi) is 10.6. The smallest absolute Gasteiger partial charge is 0.239 e. The number of nitrogens with two attached hydrogens (primary N) is 2. The summed E-state index contributed by atoms with van der Waals surface area (Å²) in [5, 5.41) is 0. The molecule has 2 amide bonds. The monoisotopic (exact) mass is 360 g/mol. The molecular weight excluding hydrogens is 328 g/mol. The molecule has 1 saturated heterocycles. The number of carbonyl (C=O) groups excluding carboxylic acids is 2. The quantitative estimate of drug-likeness (QED) is 0.608. The summed E-state index contributed by atoms with van der Waals surface area (Å²) in [6, 6.07) is -1.13. The summed E-state index contributed by atoms with van der Waals surface area (Å²) in [6.07, 6.45) is 0. The van der Waals surface area contributed by atoms with Crippen LogP contribution in [0.1, 0.15) is 13.8 Å². The van der Waals surface area contributed by atoms with E-state index in [1.807, 2.05) is 0 Å². The summed E-state index contributed by atoms with van der Waals surface area (Å²) < 4.78 is 16.5. The topological polar surface area (TPSA) is 120 Å². The van der Waals surface area contributed by atoms with Gasteiger partial charge < -0.3 is 35.5 Å². The zero-order valence-corrected chi connectivity index (χ0v) is 15.3. The van der Waals surface area contributed by atoms with Gasteiger partial charge >= 0.3 is 0 Å². The summed E-state index contributed by atoms with van der Waals surface area (Å²) >= 11 is 0. The number of hydrogen-bond acceptors (Lipinski definition) is 7. The van der Waals surface area contributed by atoms with E-state index in [0.717, 1.165) is 0 Å². The summed E-state index contributed by atoms with van der Waals surface area (Å²) in [4.78, 5) is 27.5. The van der Waals surface area contributed by atoms with Gasteiger partial charge in [-0.3, -0.25) is 9.59 Å². The predicted octanol–water partition coefficient (Wildman–Crippen LogP) is -1.60. The van der Waals surface area contributed by atoms with Crippen LogP contribution in [0, 0.1) is 0 Å². The first-order valence-corrected chi connectivity index (χ1v) is 8.75. The Morgan fingerprint density at radius 2 is 0.960 bits per heavy atom. The number of ether oxygens (including phenoxy) is 3. The molecule has 4 N–H and O–H groups in total. The second kappa shape index (κ2) is 12.2. The van der Waals surface area contributed by atoms with Crippen molar-refractivity contribution in [1.29, 1.82) is 0 Å². The molecule has 25 heavy (non-hydrogen) atoms. The van der Waals surface area contributed by atoms with E-state index < -0.39 is 12.1 Å². The van der Waals surface area contributed by atoms with Crippen molar-refractivity contribution >= 4 is 11.8 Å². The maximum atomic E-state index is 12.1. The van der Waals surface area contributed by atoms with Gasteiger partial charge in [0, 0.05) is 26.2 Å². The van der Waals surface area contributed by atoms with Crippen LogP contribution >= 0.6 is 0 Å². The SMILES string of the molecule is C[C@@H](N)C(=O)N1CCOCCOCCN(C(=O)[C@@H](C)N)CCOCC1. The van der Waals surface area contributed by atoms with Gasteiger partial charge in [0.25, 0.3) is 0 Å². The third-order valence-corrected chi connectivity index (χ3v) is 3.80. The van der Waals surface area contributed by atoms with Gasteiger partial charge in [0.1, 0.15) is 0 Å². The summed E-state index contributed by atoms with van der Waals surface area (Å²) in [6.45, 7) is 7.52. The Bertz CT molecular complexity index is 370. The molecule has 0 aliphatic carbocycles. The fraction of sp³-hybridized carbons (Fsp3) is 0.875. The van der Waals surface area contributed by atoms with E-state index in [9.17, 15) is 9.59 Å². The van der Waals surface area contributed by atoms with Crippen LogP contribution in [0.25, 0.3) is 0 Å². The first-order chi connectivity index (χ1) is 11.9. The molecule has 0 aromatic heterocycles. The highest BCUT2D eigenvalue weighted by molar-refractivity contribution is 5.81. The van der Waals surface area contributed by atoms with Gasteiger partial charge in [-0.2, -0.15) is 0 Å². The molecule has 0 unspecified atom stereocenters. The highest BCUT2D eigenvalue weighted by Gasteiger charge is 2.19. The van der Waals surface area contributed by atoms with Crippen LogP contribution in [0.3, 0.4) is 0 Å². The maximum absolute atomic E-state index is 12.1. The minimum absolute atomic E-state index is 0.137. The van der Waals surface area contributed by atoms with Gasteiger partial charge in [-0.05, 0) is 13.8 Å². The number of nitrogens with zero attached hydrogens (tertiary/aromatic N) is 2. The highest BCUT2D eigenvalue weighted by atomic mass is 16.5. The van der Waals surface area contributed by atoms with Crippen LogP contribution in [0.15, 0.2) is 0 Å². The number of carbonyl (C=O) groups is 2. The average Bonchev–Trinajstić information content (AvgIpc) is 2.58. The minimum Gasteiger partial charge on any atom is -0.378 e. The molecule has 1 fully saturated rings. The van der Waals surface area contributed by atoms with E-state index in [-0.39, 0.29) is 11.8 Å². The fourth-order valence-corrected chi connectivity index (χ4v) is 2.36. The molecule has 9 nitrogen and oxygen atoms in total. The third-order valence-electron chi connectivity index (χ3n) is 3.80. The summed E-state index contributed by atoms with van der Waals surface area (Å²) in [5.74, 6) is -0.275. The van der Waals surface area contributed by atoms with E-state index in [2.05, 4.69) is 0 Å². The maximum Gasteiger partial charge on any atom is 0.239 e. The largest absolute Gasteiger partial charge is 0.378 e. The van der Waals surface area contributed by atoms with Gasteiger partial charge in [-0.15, -0.1) is 0 Å². The third kappa shape index (κ3) is 8.59. The van der Waals surface area contributed by atoms with Gasteiger partial charge in [0.05, 0.1) is 51.7 Å². The Morgan fingerprint density at radius 1 is 0.680 bits per heavy atom. The van der Waals surface area contributed by atoms with Crippen molar-refractivity contribution in [3.05, 3.63) is 0 Å². The van der Waals surface area contributed by atoms with E-state index in [4.69, 9.17) is 25.7 Å². The van der Waals surface area contributed by atoms with E-state index in [0.29, 0.717) is 65.8 Å². The molecule has 9 heteroatoms. The highest BCUT2D eigenvalue weighted by Crippen LogP contribution is 1.98. The van der Waals surface area contributed by atoms with Crippen molar-refractivity contribution in [2.24, 2.45) is 11.5 Å². The second-order valence-electron chi connectivity index (χ2n) is 6.07. The fourth-order valence-electron chi connectivity index (χ4n) is 2.36. The zero-order chi connectivity index (χ0) is 18.7. The summed E-state index contributed by atoms with van der Waals surface area (Å²) in [5.41, 5.74) is 11.4. The van der Waals surface area contributed by atoms with Gasteiger partial charge in [0.15, 0.2) is 0 Å². The lowest BCUT2D eigenvalue weighted by atomic mass is 10.3. The lowest BCUT2D eigenvalue weighted by molar-refractivity contribution is -0.133. The Labute approximate surface area is 149 Å². The average molecular weight is 360 g/mol. The molecule has 0 spiro atoms. The van der Waals surface area contributed by atoms with Crippen LogP contribution < -0.4 is 11.5 Å². The van der Waals surface area contributed by atoms with Gasteiger partial charge in [-0.25, -0.2) is 0 Å². The second-order valence-corrected chi connectivity index (χ2v) is 6.07. The Hall–Kier alpha value is -1.26. The summed E-state index contributed by atoms with van der Waals surface area (Å²) in [7, 11) is 0. The van der Waals surface area contributed by atoms with Crippen molar-refractivity contribution in [2.75, 3.05) is 65.8 Å². The van der Waals surface area contributed by atoms with Gasteiger partial charge in [0.2, 0.25) is 11.8 Å². The van der Waals surface area contributed by atoms with Crippen molar-refractivity contribution in [2.45, 2.75) is 25.9 Å². The normalized spacial score (nSPS) is 21.8. The molecule has 0 saturated carbocycles. The zero-order valence-electron chi connectivity index (χ0n) is 15.3. The van der Waals surface area contributed by atoms with Crippen molar-refractivity contribution in [3.8, 4) is 0 Å². The molecule has 0 aromatic rings. The van der Waals surface area contributed by atoms with E-state index in [1.54, 1.807) is 23.6 Å². The predicted molar refractivity (Wildman–Crippen MR) is 92.9 cm³/mol. The standard InChI is InChI=1S/C16H32N4O5/c1-13(17)15(21)19-3-7-23-8-4-20(16(22)14(2)18)6-10-25-12-11-24-9-5-19/h13-14H,3-12,17-18H2,1-2H3/t13-,14-/m1/s1. The van der Waals surface area contributed by atoms with E-state index in [1.165, 1.54) is 0 Å². The molecule has 0 bridgehead atoms. The molecule has 2 atom stereocenters. The van der Waals surface area contributed by atoms with Crippen LogP contribution in [0.4, 0.5) is 0 Å². The van der Waals surface area contributed by atoms with E-state index >= 15 is 0 Å². The van der Waals surface area contributed by atoms with Gasteiger partial charge in [-0.1, -0.05) is 0 Å². The molecule has 1 rings (SSSR count). The lowest BCUT2D eigenvalue weighted by Gasteiger charge is -2.25. The molecule has 1 aliphatic rings. The lowest BCUT2D eigenvalue weighted by Crippen LogP contribution is -2.46. The number of amides is 2. The first-order valence-electron chi connectivity index (χ1n) is 8.75. The number of rotatable bonds is 2. The molecule has 0 aromatic carbocycles. The molecule has 146 valence electrons. The molecule has 0 radical (unpaired) electrons. The molecular formula is C16H32N4O5. The van der Waals surface area contributed by atoms with Crippen LogP contribution in [-0.4, -0.2) is 99.5 Å². The van der Waals surface area contributed by atoms with Crippen molar-refractivity contribution in [3.63, 3.8) is 0 Å².